The molecule has 0 saturated carbocycles. The maximum atomic E-state index is 8.33. The zero-order chi connectivity index (χ0) is 11.6. The molecule has 0 aliphatic carbocycles. The third kappa shape index (κ3) is 5.72. The van der Waals surface area contributed by atoms with Crippen molar-refractivity contribution in [3.63, 3.8) is 0 Å². The van der Waals surface area contributed by atoms with E-state index in [-0.39, 0.29) is 0 Å². The fraction of sp³-hybridized carbons (Fsp3) is 0.545. The second-order valence-corrected chi connectivity index (χ2v) is 4.66. The number of nitrogens with one attached hydrogen (secondary N) is 1. The summed E-state index contributed by atoms with van der Waals surface area (Å²) in [5.41, 5.74) is 5.36. The first kappa shape index (κ1) is 13.0. The van der Waals surface area contributed by atoms with Gasteiger partial charge >= 0.3 is 0 Å². The van der Waals surface area contributed by atoms with Crippen molar-refractivity contribution in [3.05, 3.63) is 22.4 Å². The maximum absolute atomic E-state index is 8.33. The topological polar surface area (TPSA) is 70.6 Å². The van der Waals surface area contributed by atoms with E-state index in [9.17, 15) is 0 Å². The molecule has 4 N–H and O–H groups in total. The molecule has 1 aromatic heterocycles. The third-order valence-electron chi connectivity index (χ3n) is 2.29. The lowest BCUT2D eigenvalue weighted by atomic mass is 10.2. The highest BCUT2D eigenvalue weighted by Crippen LogP contribution is 2.07. The molecule has 0 amide bonds. The van der Waals surface area contributed by atoms with Crippen LogP contribution in [0.4, 0.5) is 0 Å². The van der Waals surface area contributed by atoms with E-state index in [1.54, 1.807) is 11.3 Å². The molecule has 0 aromatic carbocycles. The Hall–Kier alpha value is -1.07. The fourth-order valence-electron chi connectivity index (χ4n) is 1.40. The number of nitrogens with two attached hydrogens (primary N) is 1. The molecule has 5 heteroatoms. The number of hydrogen-bond acceptors (Lipinski definition) is 4. The number of amidine groups is 1. The standard InChI is InChI=1S/C11H19N3OS/c12-11(14-15)5-1-2-7-13-8-6-10-4-3-9-16-10/h3-4,9,13,15H,1-2,5-8H2,(H2,12,14). The smallest absolute Gasteiger partial charge is 0.139 e. The molecule has 1 rings (SSSR count). The SMILES string of the molecule is NC(CCCCNCCc1cccs1)=NO. The first-order valence-corrected chi connectivity index (χ1v) is 6.40. The van der Waals surface area contributed by atoms with Crippen molar-refractivity contribution < 1.29 is 5.21 Å². The molecule has 0 aliphatic heterocycles. The van der Waals surface area contributed by atoms with Crippen molar-refractivity contribution in [3.8, 4) is 0 Å². The van der Waals surface area contributed by atoms with Crippen molar-refractivity contribution in [2.75, 3.05) is 13.1 Å². The zero-order valence-electron chi connectivity index (χ0n) is 9.35. The van der Waals surface area contributed by atoms with Crippen molar-refractivity contribution in [2.45, 2.75) is 25.7 Å². The summed E-state index contributed by atoms with van der Waals surface area (Å²) in [6.45, 7) is 2.01. The van der Waals surface area contributed by atoms with Crippen LogP contribution in [0.3, 0.4) is 0 Å². The second kappa shape index (κ2) is 8.13. The number of oxime groups is 1. The van der Waals surface area contributed by atoms with Crippen LogP contribution in [0.15, 0.2) is 22.7 Å². The summed E-state index contributed by atoms with van der Waals surface area (Å²) < 4.78 is 0. The van der Waals surface area contributed by atoms with Crippen LogP contribution in [0.1, 0.15) is 24.1 Å². The Kier molecular flexibility index (Phi) is 6.60. The quantitative estimate of drug-likeness (QED) is 0.214. The number of thiophene rings is 1. The van der Waals surface area contributed by atoms with Gasteiger partial charge < -0.3 is 16.3 Å². The van der Waals surface area contributed by atoms with Gasteiger partial charge in [-0.1, -0.05) is 11.2 Å². The molecule has 0 fully saturated rings. The largest absolute Gasteiger partial charge is 0.409 e. The minimum atomic E-state index is 0.318. The Morgan fingerprint density at radius 2 is 2.31 bits per heavy atom. The van der Waals surface area contributed by atoms with Crippen molar-refractivity contribution >= 4 is 17.2 Å². The summed E-state index contributed by atoms with van der Waals surface area (Å²) in [6.07, 6.45) is 3.78. The lowest BCUT2D eigenvalue weighted by molar-refractivity contribution is 0.316. The van der Waals surface area contributed by atoms with Crippen LogP contribution < -0.4 is 11.1 Å². The highest BCUT2D eigenvalue weighted by Gasteiger charge is 1.95. The molecule has 0 atom stereocenters. The molecule has 0 unspecified atom stereocenters. The molecule has 0 bridgehead atoms. The summed E-state index contributed by atoms with van der Waals surface area (Å²) in [6, 6.07) is 4.24. The predicted octanol–water partition coefficient (Wildman–Crippen LogP) is 1.80. The predicted molar refractivity (Wildman–Crippen MR) is 68.2 cm³/mol. The molecule has 1 heterocycles. The van der Waals surface area contributed by atoms with Crippen LogP contribution in [0, 0.1) is 0 Å². The van der Waals surface area contributed by atoms with Gasteiger partial charge in [-0.3, -0.25) is 0 Å². The van der Waals surface area contributed by atoms with Gasteiger partial charge in [-0.25, -0.2) is 0 Å². The molecule has 16 heavy (non-hydrogen) atoms. The number of hydrogen-bond donors (Lipinski definition) is 3. The molecule has 0 aliphatic rings. The van der Waals surface area contributed by atoms with Crippen molar-refractivity contribution in [1.82, 2.24) is 5.32 Å². The van der Waals surface area contributed by atoms with Crippen LogP contribution >= 0.6 is 11.3 Å². The summed E-state index contributed by atoms with van der Waals surface area (Å²) in [4.78, 5) is 1.42. The average molecular weight is 241 g/mol. The lowest BCUT2D eigenvalue weighted by Gasteiger charge is -2.03. The summed E-state index contributed by atoms with van der Waals surface area (Å²) in [7, 11) is 0. The molecule has 0 saturated heterocycles. The molecule has 0 radical (unpaired) electrons. The van der Waals surface area contributed by atoms with E-state index in [1.165, 1.54) is 4.88 Å². The van der Waals surface area contributed by atoms with E-state index >= 15 is 0 Å². The van der Waals surface area contributed by atoms with Gasteiger partial charge in [-0.05, 0) is 43.8 Å². The minimum absolute atomic E-state index is 0.318. The van der Waals surface area contributed by atoms with Crippen LogP contribution in [-0.4, -0.2) is 24.1 Å². The Bertz CT molecular complexity index is 298. The van der Waals surface area contributed by atoms with E-state index < -0.39 is 0 Å². The first-order chi connectivity index (χ1) is 7.83. The minimum Gasteiger partial charge on any atom is -0.409 e. The Balaban J connectivity index is 1.89. The third-order valence-corrected chi connectivity index (χ3v) is 3.23. The monoisotopic (exact) mass is 241 g/mol. The highest BCUT2D eigenvalue weighted by atomic mass is 32.1. The van der Waals surface area contributed by atoms with Gasteiger partial charge in [0.1, 0.15) is 5.84 Å². The number of rotatable bonds is 8. The van der Waals surface area contributed by atoms with Crippen molar-refractivity contribution in [2.24, 2.45) is 10.9 Å². The molecule has 1 aromatic rings. The molecular formula is C11H19N3OS. The normalized spacial score (nSPS) is 11.9. The van der Waals surface area contributed by atoms with Crippen LogP contribution in [-0.2, 0) is 6.42 Å². The van der Waals surface area contributed by atoms with Gasteiger partial charge in [-0.2, -0.15) is 0 Å². The van der Waals surface area contributed by atoms with Gasteiger partial charge in [-0.15, -0.1) is 11.3 Å². The van der Waals surface area contributed by atoms with E-state index in [4.69, 9.17) is 10.9 Å². The average Bonchev–Trinajstić information content (AvgIpc) is 2.80. The van der Waals surface area contributed by atoms with Crippen LogP contribution in [0.25, 0.3) is 0 Å². The van der Waals surface area contributed by atoms with E-state index in [1.807, 2.05) is 0 Å². The van der Waals surface area contributed by atoms with Crippen LogP contribution in [0.2, 0.25) is 0 Å². The Morgan fingerprint density at radius 1 is 1.44 bits per heavy atom. The van der Waals surface area contributed by atoms with E-state index in [0.29, 0.717) is 12.3 Å². The highest BCUT2D eigenvalue weighted by molar-refractivity contribution is 7.09. The summed E-state index contributed by atoms with van der Waals surface area (Å²) in [5, 5.41) is 16.7. The first-order valence-electron chi connectivity index (χ1n) is 5.52. The fourth-order valence-corrected chi connectivity index (χ4v) is 2.11. The van der Waals surface area contributed by atoms with E-state index in [2.05, 4.69) is 28.0 Å². The van der Waals surface area contributed by atoms with Gasteiger partial charge in [0.05, 0.1) is 0 Å². The Morgan fingerprint density at radius 3 is 3.00 bits per heavy atom. The van der Waals surface area contributed by atoms with E-state index in [0.717, 1.165) is 32.4 Å². The maximum Gasteiger partial charge on any atom is 0.139 e. The number of unbranched alkanes of at least 4 members (excludes halogenated alkanes) is 1. The second-order valence-electron chi connectivity index (χ2n) is 3.63. The lowest BCUT2D eigenvalue weighted by Crippen LogP contribution is -2.19. The molecule has 4 nitrogen and oxygen atoms in total. The van der Waals surface area contributed by atoms with Gasteiger partial charge in [0.15, 0.2) is 0 Å². The Labute approximate surface area is 100 Å². The number of nitrogens with zero attached hydrogens (tertiary/aromatic N) is 1. The van der Waals surface area contributed by atoms with Crippen LogP contribution in [0.5, 0.6) is 0 Å². The summed E-state index contributed by atoms with van der Waals surface area (Å²) >= 11 is 1.80. The van der Waals surface area contributed by atoms with Gasteiger partial charge in [0, 0.05) is 11.3 Å². The van der Waals surface area contributed by atoms with Gasteiger partial charge in [0.25, 0.3) is 0 Å². The zero-order valence-corrected chi connectivity index (χ0v) is 10.2. The summed E-state index contributed by atoms with van der Waals surface area (Å²) in [5.74, 6) is 0.318. The molecular weight excluding hydrogens is 222 g/mol. The van der Waals surface area contributed by atoms with Gasteiger partial charge in [0.2, 0.25) is 0 Å². The van der Waals surface area contributed by atoms with Crippen molar-refractivity contribution in [1.29, 1.82) is 0 Å². The molecule has 0 spiro atoms. The molecule has 90 valence electrons.